The second kappa shape index (κ2) is 6.23. The zero-order valence-corrected chi connectivity index (χ0v) is 12.0. The van der Waals surface area contributed by atoms with Gasteiger partial charge in [0.25, 0.3) is 0 Å². The Kier molecular flexibility index (Phi) is 4.64. The van der Waals surface area contributed by atoms with Gasteiger partial charge < -0.3 is 11.1 Å². The molecule has 0 radical (unpaired) electrons. The van der Waals surface area contributed by atoms with Crippen LogP contribution in [0.15, 0.2) is 22.7 Å². The van der Waals surface area contributed by atoms with Crippen molar-refractivity contribution in [2.24, 2.45) is 5.92 Å². The number of benzene rings is 1. The summed E-state index contributed by atoms with van der Waals surface area (Å²) in [7, 11) is 0. The van der Waals surface area contributed by atoms with Gasteiger partial charge in [0.1, 0.15) is 0 Å². The van der Waals surface area contributed by atoms with Crippen LogP contribution in [0.2, 0.25) is 0 Å². The summed E-state index contributed by atoms with van der Waals surface area (Å²) in [6, 6.07) is 5.54. The molecule has 1 saturated carbocycles. The monoisotopic (exact) mass is 310 g/mol. The maximum Gasteiger partial charge on any atom is 0.227 e. The van der Waals surface area contributed by atoms with Crippen molar-refractivity contribution in [3.8, 4) is 0 Å². The summed E-state index contributed by atoms with van der Waals surface area (Å²) in [6.45, 7) is 0. The highest BCUT2D eigenvalue weighted by Crippen LogP contribution is 2.27. The first kappa shape index (κ1) is 13.4. The molecule has 18 heavy (non-hydrogen) atoms. The second-order valence-corrected chi connectivity index (χ2v) is 5.82. The summed E-state index contributed by atoms with van der Waals surface area (Å²) in [4.78, 5) is 12.2. The quantitative estimate of drug-likeness (QED) is 0.642. The van der Waals surface area contributed by atoms with Crippen LogP contribution in [0.1, 0.15) is 38.5 Å². The average molecular weight is 311 g/mol. The van der Waals surface area contributed by atoms with Gasteiger partial charge in [0, 0.05) is 10.4 Å². The van der Waals surface area contributed by atoms with Gasteiger partial charge in [-0.05, 0) is 31.0 Å². The van der Waals surface area contributed by atoms with Crippen molar-refractivity contribution in [2.45, 2.75) is 38.5 Å². The number of carbonyl (C=O) groups excluding carboxylic acids is 1. The van der Waals surface area contributed by atoms with Crippen molar-refractivity contribution in [3.63, 3.8) is 0 Å². The van der Waals surface area contributed by atoms with Crippen LogP contribution in [0.3, 0.4) is 0 Å². The minimum Gasteiger partial charge on any atom is -0.397 e. The lowest BCUT2D eigenvalue weighted by Crippen LogP contribution is -2.22. The summed E-state index contributed by atoms with van der Waals surface area (Å²) < 4.78 is 0.924. The number of carbonyl (C=O) groups is 1. The van der Waals surface area contributed by atoms with Crippen LogP contribution in [-0.4, -0.2) is 5.91 Å². The van der Waals surface area contributed by atoms with Crippen molar-refractivity contribution in [2.75, 3.05) is 11.1 Å². The molecule has 1 aliphatic carbocycles. The zero-order valence-electron chi connectivity index (χ0n) is 10.4. The molecule has 1 fully saturated rings. The molecule has 2 rings (SSSR count). The number of halogens is 1. The van der Waals surface area contributed by atoms with E-state index in [0.29, 0.717) is 11.4 Å². The zero-order chi connectivity index (χ0) is 13.0. The molecule has 0 aliphatic heterocycles. The van der Waals surface area contributed by atoms with Crippen molar-refractivity contribution < 1.29 is 4.79 Å². The number of nitrogens with two attached hydrogens (primary N) is 1. The molecule has 3 N–H and O–H groups in total. The van der Waals surface area contributed by atoms with Crippen LogP contribution in [-0.2, 0) is 4.79 Å². The molecule has 1 aromatic rings. The normalized spacial score (nSPS) is 17.2. The Morgan fingerprint density at radius 1 is 1.22 bits per heavy atom. The molecule has 0 bridgehead atoms. The van der Waals surface area contributed by atoms with E-state index in [1.165, 1.54) is 12.8 Å². The van der Waals surface area contributed by atoms with E-state index >= 15 is 0 Å². The fraction of sp³-hybridized carbons (Fsp3) is 0.500. The maximum atomic E-state index is 12.2. The molecule has 0 heterocycles. The minimum absolute atomic E-state index is 0.117. The molecule has 0 unspecified atom stereocenters. The number of anilines is 2. The van der Waals surface area contributed by atoms with Crippen LogP contribution in [0.25, 0.3) is 0 Å². The van der Waals surface area contributed by atoms with Gasteiger partial charge in [-0.15, -0.1) is 0 Å². The van der Waals surface area contributed by atoms with E-state index < -0.39 is 0 Å². The third-order valence-corrected chi connectivity index (χ3v) is 3.99. The predicted molar refractivity (Wildman–Crippen MR) is 78.4 cm³/mol. The maximum absolute atomic E-state index is 12.2. The number of rotatable bonds is 2. The highest BCUT2D eigenvalue weighted by molar-refractivity contribution is 9.10. The molecule has 1 aromatic carbocycles. The molecule has 0 atom stereocenters. The van der Waals surface area contributed by atoms with E-state index in [1.807, 2.05) is 18.2 Å². The number of amides is 1. The van der Waals surface area contributed by atoms with Crippen molar-refractivity contribution >= 4 is 33.2 Å². The molecular formula is C14H19BrN2O. The summed E-state index contributed by atoms with van der Waals surface area (Å²) in [5.74, 6) is 0.265. The standard InChI is InChI=1S/C14H19BrN2O/c15-11-7-8-13(12(16)9-11)17-14(18)10-5-3-1-2-4-6-10/h7-10H,1-6,16H2,(H,17,18). The lowest BCUT2D eigenvalue weighted by Gasteiger charge is -2.15. The summed E-state index contributed by atoms with van der Waals surface area (Å²) in [5, 5.41) is 2.95. The molecule has 0 saturated heterocycles. The highest BCUT2D eigenvalue weighted by atomic mass is 79.9. The molecule has 98 valence electrons. The Hall–Kier alpha value is -1.03. The second-order valence-electron chi connectivity index (χ2n) is 4.91. The van der Waals surface area contributed by atoms with Gasteiger partial charge in [-0.1, -0.05) is 41.6 Å². The number of hydrogen-bond donors (Lipinski definition) is 2. The number of nitrogen functional groups attached to an aromatic ring is 1. The van der Waals surface area contributed by atoms with Gasteiger partial charge in [-0.2, -0.15) is 0 Å². The SMILES string of the molecule is Nc1cc(Br)ccc1NC(=O)C1CCCCCC1. The van der Waals surface area contributed by atoms with Crippen LogP contribution < -0.4 is 11.1 Å². The lowest BCUT2D eigenvalue weighted by molar-refractivity contribution is -0.120. The Morgan fingerprint density at radius 2 is 1.89 bits per heavy atom. The molecule has 4 heteroatoms. The first-order valence-corrected chi connectivity index (χ1v) is 7.32. The summed E-state index contributed by atoms with van der Waals surface area (Å²) in [5.41, 5.74) is 7.20. The van der Waals surface area contributed by atoms with E-state index in [4.69, 9.17) is 5.73 Å². The highest BCUT2D eigenvalue weighted by Gasteiger charge is 2.20. The Morgan fingerprint density at radius 3 is 2.50 bits per heavy atom. The first-order valence-electron chi connectivity index (χ1n) is 6.52. The van der Waals surface area contributed by atoms with Crippen LogP contribution >= 0.6 is 15.9 Å². The van der Waals surface area contributed by atoms with Crippen LogP contribution in [0.5, 0.6) is 0 Å². The lowest BCUT2D eigenvalue weighted by atomic mass is 9.99. The third-order valence-electron chi connectivity index (χ3n) is 3.50. The fourth-order valence-electron chi connectivity index (χ4n) is 2.42. The molecule has 1 aliphatic rings. The summed E-state index contributed by atoms with van der Waals surface area (Å²) >= 11 is 3.36. The Labute approximate surface area is 116 Å². The van der Waals surface area contributed by atoms with E-state index in [0.717, 1.165) is 30.2 Å². The van der Waals surface area contributed by atoms with Gasteiger partial charge >= 0.3 is 0 Å². The van der Waals surface area contributed by atoms with Crippen LogP contribution in [0.4, 0.5) is 11.4 Å². The van der Waals surface area contributed by atoms with E-state index in [2.05, 4.69) is 21.2 Å². The molecule has 1 amide bonds. The van der Waals surface area contributed by atoms with Crippen molar-refractivity contribution in [1.82, 2.24) is 0 Å². The largest absolute Gasteiger partial charge is 0.397 e. The van der Waals surface area contributed by atoms with Gasteiger partial charge in [-0.25, -0.2) is 0 Å². The van der Waals surface area contributed by atoms with Crippen molar-refractivity contribution in [1.29, 1.82) is 0 Å². The predicted octanol–water partition coefficient (Wildman–Crippen LogP) is 3.94. The van der Waals surface area contributed by atoms with E-state index in [1.54, 1.807) is 0 Å². The topological polar surface area (TPSA) is 55.1 Å². The summed E-state index contributed by atoms with van der Waals surface area (Å²) in [6.07, 6.45) is 6.83. The van der Waals surface area contributed by atoms with Gasteiger partial charge in [0.15, 0.2) is 0 Å². The first-order chi connectivity index (χ1) is 8.66. The molecular weight excluding hydrogens is 292 g/mol. The average Bonchev–Trinajstić information content (AvgIpc) is 2.61. The fourth-order valence-corrected chi connectivity index (χ4v) is 2.80. The van der Waals surface area contributed by atoms with Gasteiger partial charge in [0.2, 0.25) is 5.91 Å². The molecule has 3 nitrogen and oxygen atoms in total. The Bertz CT molecular complexity index is 426. The van der Waals surface area contributed by atoms with E-state index in [9.17, 15) is 4.79 Å². The number of nitrogens with one attached hydrogen (secondary N) is 1. The smallest absolute Gasteiger partial charge is 0.227 e. The minimum atomic E-state index is 0.117. The third kappa shape index (κ3) is 3.48. The van der Waals surface area contributed by atoms with Gasteiger partial charge in [-0.3, -0.25) is 4.79 Å². The van der Waals surface area contributed by atoms with E-state index in [-0.39, 0.29) is 11.8 Å². The van der Waals surface area contributed by atoms with Crippen LogP contribution in [0, 0.1) is 5.92 Å². The van der Waals surface area contributed by atoms with Gasteiger partial charge in [0.05, 0.1) is 11.4 Å². The van der Waals surface area contributed by atoms with Crippen molar-refractivity contribution in [3.05, 3.63) is 22.7 Å². The molecule has 0 spiro atoms. The molecule has 0 aromatic heterocycles. The Balaban J connectivity index is 2.01. The number of hydrogen-bond acceptors (Lipinski definition) is 2.